The number of phosphoric ester groups is 2. The Bertz CT molecular complexity index is 5140. The number of fused-ring (bicyclic) bond motifs is 2. The largest absolute Gasteiger partial charge is 0.756 e. The summed E-state index contributed by atoms with van der Waals surface area (Å²) < 4.78 is 127. The molecule has 0 saturated carbocycles. The molecule has 44 heteroatoms. The standard InChI is InChI=1S/C51H60N3O18P3.C15H22N3O14P3/c1-8-13-35-25-43-40(22-33(35)6)48(41-23-34(7)36(14-9-2)26-44(41)69-43)39-24-37(19-18-32(39)5)42(55)17-11-15-31(4)29-67-51(58)52-20-12-16-38-28-54(50(57)53-49(38)56)47-27-45(66-21-10-3)46(70-47)30-68-74(62,63)72-75(64,65)71-73(59,60)61;1-2-6-28-11-7-13(18-8-10(4-3-5-16)14(19)17-15(18)20)30-12(11)9-29-34(24,25)32-35(26,27)31-33(21,22)23/h10,13,18-19,22-26,28,45-47H,3-4,8-9,11,14-15,17,20-21,27,29-30H2,1-2,5-7H3,(H,52,58)(H,62,63)(H,64,65)(H,53,56,57)(H2,59,60,61);2,8,11-13H,1,5-7,9,16H2,(H,24,25)(H,26,27)(H,17,19,20)(H2,21,22,23)/p-6/b35-13-;/t45?,46-,47-;11?,12-,13-/m11/s1. The molecule has 5 aromatic rings. The number of Topliss-reactive ketones (excluding diaryl/α,β-unsaturated/α-hetero) is 1. The Hall–Kier alpha value is -7.54. The van der Waals surface area contributed by atoms with Crippen molar-refractivity contribution in [3.63, 3.8) is 0 Å². The Kier molecular flexibility index (Phi) is 32.0. The highest BCUT2D eigenvalue weighted by atomic mass is 31.3. The number of amides is 1. The van der Waals surface area contributed by atoms with E-state index in [4.69, 9.17) is 43.9 Å². The van der Waals surface area contributed by atoms with E-state index in [1.807, 2.05) is 30.1 Å². The lowest BCUT2D eigenvalue weighted by molar-refractivity contribution is -0.254. The second-order valence-electron chi connectivity index (χ2n) is 24.2. The monoisotopic (exact) mass is 1650 g/mol. The molecular weight excluding hydrogens is 1570 g/mol. The first-order chi connectivity index (χ1) is 51.6. The summed E-state index contributed by atoms with van der Waals surface area (Å²) in [7, 11) is -35.7. The molecule has 5 heterocycles. The number of carbonyl (C=O) groups excluding carboxylic acids is 2. The SMILES string of the molecule is C=CCOC1C[C@H](n2cc(C#CCN)c(=O)[nH]c2=O)O[C@@H]1COP(=O)([O-])OP(=O)([O-])OP(=O)([O-])O.C=CCOC1C[C@H](n2cc(C#CCNC(=O)OCC(=C)CCCC(=O)c3ccc(C)c(C4=c5cc(C)/c(=C\CC)cc5Oc5cc(CCC)c(C)cc54)c3)c(=O)[nH]c2=O)O[C@@H]1COP(=O)([O-])OP(=O)([O-])OP(=O)([O-])O. The topological polar surface area (TPSA) is 574 Å². The molecule has 0 bridgehead atoms. The summed E-state index contributed by atoms with van der Waals surface area (Å²) in [6.07, 6.45) is 3.00. The van der Waals surface area contributed by atoms with Gasteiger partial charge in [-0.2, -0.15) is 0 Å². The Morgan fingerprint density at radius 3 is 1.73 bits per heavy atom. The van der Waals surface area contributed by atoms with Crippen LogP contribution in [0.15, 0.2) is 111 Å². The molecule has 0 aliphatic carbocycles. The summed E-state index contributed by atoms with van der Waals surface area (Å²) in [6, 6.07) is 14.4. The number of hydrogen-bond donors (Lipinski definition) is 6. The van der Waals surface area contributed by atoms with Crippen LogP contribution in [0.5, 0.6) is 11.5 Å². The smallest absolute Gasteiger partial charge is 0.408 e. The Labute approximate surface area is 627 Å². The lowest BCUT2D eigenvalue weighted by atomic mass is 9.86. The highest BCUT2D eigenvalue weighted by Gasteiger charge is 2.41. The van der Waals surface area contributed by atoms with Gasteiger partial charge < -0.3 is 87.7 Å². The van der Waals surface area contributed by atoms with E-state index in [0.29, 0.717) is 24.0 Å². The maximum absolute atomic E-state index is 13.7. The average molecular weight is 1650 g/mol. The average Bonchev–Trinajstić information content (AvgIpc) is 0.902. The molecule has 8 rings (SSSR count). The third kappa shape index (κ3) is 26.6. The van der Waals surface area contributed by atoms with Gasteiger partial charge in [-0.25, -0.2) is 31.6 Å². The van der Waals surface area contributed by atoms with E-state index >= 15 is 0 Å². The summed E-state index contributed by atoms with van der Waals surface area (Å²) >= 11 is 0. The van der Waals surface area contributed by atoms with E-state index in [9.17, 15) is 85.5 Å². The van der Waals surface area contributed by atoms with Crippen LogP contribution in [0.3, 0.4) is 0 Å². The van der Waals surface area contributed by atoms with Crippen molar-refractivity contribution in [2.75, 3.05) is 46.1 Å². The first-order valence-corrected chi connectivity index (χ1v) is 41.9. The summed E-state index contributed by atoms with van der Waals surface area (Å²) in [5.41, 5.74) is 10.0. The van der Waals surface area contributed by atoms with Gasteiger partial charge in [0.05, 0.1) is 51.7 Å². The van der Waals surface area contributed by atoms with Gasteiger partial charge in [-0.1, -0.05) is 80.9 Å². The van der Waals surface area contributed by atoms with Crippen LogP contribution in [-0.4, -0.2) is 111 Å². The Morgan fingerprint density at radius 2 is 1.23 bits per heavy atom. The fraction of sp³-hybridized carbons (Fsp3) is 0.394. The van der Waals surface area contributed by atoms with E-state index in [2.05, 4.69) is 138 Å². The highest BCUT2D eigenvalue weighted by Crippen LogP contribution is 2.63. The fourth-order valence-corrected chi connectivity index (χ4v) is 17.0. The lowest BCUT2D eigenvalue weighted by Gasteiger charge is -2.33. The van der Waals surface area contributed by atoms with Gasteiger partial charge in [0, 0.05) is 53.6 Å². The van der Waals surface area contributed by atoms with Crippen LogP contribution in [0, 0.1) is 44.5 Å². The minimum Gasteiger partial charge on any atom is -0.756 e. The van der Waals surface area contributed by atoms with Crippen molar-refractivity contribution in [1.29, 1.82) is 0 Å². The van der Waals surface area contributed by atoms with E-state index in [0.717, 1.165) is 90.6 Å². The zero-order chi connectivity index (χ0) is 81.3. The molecule has 7 N–H and O–H groups in total. The van der Waals surface area contributed by atoms with Crippen molar-refractivity contribution in [2.45, 2.75) is 123 Å². The van der Waals surface area contributed by atoms with Gasteiger partial charge >= 0.3 is 17.5 Å². The van der Waals surface area contributed by atoms with Crippen LogP contribution in [-0.2, 0) is 83.8 Å². The number of carbonyl (C=O) groups is 2. The number of H-pyrrole nitrogens is 2. The van der Waals surface area contributed by atoms with Crippen molar-refractivity contribution in [2.24, 2.45) is 5.73 Å². The molecule has 1 amide bonds. The highest BCUT2D eigenvalue weighted by molar-refractivity contribution is 7.65. The number of rotatable bonds is 34. The van der Waals surface area contributed by atoms with Gasteiger partial charge in [0.1, 0.15) is 53.9 Å². The van der Waals surface area contributed by atoms with Gasteiger partial charge in [0.25, 0.3) is 58.1 Å². The minimum absolute atomic E-state index is 0.0323. The second kappa shape index (κ2) is 39.3. The zero-order valence-corrected chi connectivity index (χ0v) is 64.8. The van der Waals surface area contributed by atoms with Crippen molar-refractivity contribution in [1.82, 2.24) is 24.4 Å². The van der Waals surface area contributed by atoms with Gasteiger partial charge in [-0.15, -0.1) is 13.2 Å². The number of nitrogens with zero attached hydrogens (tertiary/aromatic N) is 2. The molecule has 12 atom stereocenters. The molecule has 3 aliphatic rings. The molecule has 0 radical (unpaired) electrons. The van der Waals surface area contributed by atoms with Gasteiger partial charge in [-0.05, 0) is 115 Å². The summed E-state index contributed by atoms with van der Waals surface area (Å²) in [5.74, 6) is 11.6. The fourth-order valence-electron chi connectivity index (χ4n) is 11.2. The lowest BCUT2D eigenvalue weighted by Crippen LogP contribution is -2.34. The van der Waals surface area contributed by atoms with Crippen LogP contribution in [0.4, 0.5) is 4.79 Å². The number of ether oxygens (including phenoxy) is 6. The van der Waals surface area contributed by atoms with Crippen LogP contribution in [0.1, 0.15) is 126 Å². The van der Waals surface area contributed by atoms with Crippen molar-refractivity contribution < 1.29 is 131 Å². The van der Waals surface area contributed by atoms with Crippen molar-refractivity contribution >= 4 is 70.5 Å². The number of alkyl carbamates (subject to hydrolysis) is 1. The summed E-state index contributed by atoms with van der Waals surface area (Å²) in [5, 5.41) is 4.51. The molecule has 8 unspecified atom stereocenters. The van der Waals surface area contributed by atoms with E-state index in [1.54, 1.807) is 0 Å². The maximum Gasteiger partial charge on any atom is 0.408 e. The van der Waals surface area contributed by atoms with Crippen LogP contribution >= 0.6 is 46.9 Å². The van der Waals surface area contributed by atoms with Crippen LogP contribution in [0.2, 0.25) is 0 Å². The number of hydrogen-bond acceptors (Lipinski definition) is 31. The van der Waals surface area contributed by atoms with Crippen molar-refractivity contribution in [3.8, 4) is 35.2 Å². The number of aromatic amines is 2. The predicted octanol–water partition coefficient (Wildman–Crippen LogP) is 2.10. The third-order valence-corrected chi connectivity index (χ3v) is 23.3. The predicted molar refractivity (Wildman–Crippen MR) is 379 cm³/mol. The quantitative estimate of drug-likeness (QED) is 0.0146. The number of aromatic nitrogens is 4. The molecule has 110 heavy (non-hydrogen) atoms. The maximum atomic E-state index is 13.7. The van der Waals surface area contributed by atoms with E-state index in [-0.39, 0.29) is 69.1 Å². The number of nitrogens with one attached hydrogen (secondary N) is 3. The molecule has 0 spiro atoms. The minimum atomic E-state index is -6.17. The number of phosphoric acid groups is 6. The molecule has 3 aromatic carbocycles. The molecular formula is C66H76N6O32P6-6. The van der Waals surface area contributed by atoms with Gasteiger partial charge in [0.15, 0.2) is 5.78 Å². The van der Waals surface area contributed by atoms with Crippen LogP contribution in [0.25, 0.3) is 11.6 Å². The van der Waals surface area contributed by atoms with E-state index in [1.165, 1.54) is 23.3 Å². The molecule has 2 saturated heterocycles. The first-order valence-electron chi connectivity index (χ1n) is 33.1. The number of ketones is 1. The molecule has 3 aliphatic heterocycles. The summed E-state index contributed by atoms with van der Waals surface area (Å²) in [4.78, 5) is 165. The van der Waals surface area contributed by atoms with Gasteiger partial charge in [-0.3, -0.25) is 60.9 Å². The number of benzene rings is 3. The molecule has 38 nitrogen and oxygen atoms in total. The second-order valence-corrected chi connectivity index (χ2v) is 32.8. The van der Waals surface area contributed by atoms with Gasteiger partial charge in [0.2, 0.25) is 0 Å². The van der Waals surface area contributed by atoms with E-state index < -0.39 is 126 Å². The summed E-state index contributed by atoms with van der Waals surface area (Å²) in [6.45, 7) is 19.0. The number of nitrogens with two attached hydrogens (primary N) is 1. The molecule has 2 fully saturated rings. The Balaban J connectivity index is 0.000000401. The normalized spacial score (nSPS) is 20.6. The molecule has 598 valence electrons. The first kappa shape index (κ1) is 89.7. The third-order valence-electron chi connectivity index (χ3n) is 15.9. The Morgan fingerprint density at radius 1 is 0.691 bits per heavy atom. The number of aryl methyl sites for hydroxylation is 4. The van der Waals surface area contributed by atoms with Crippen molar-refractivity contribution in [3.05, 3.63) is 195 Å². The zero-order valence-electron chi connectivity index (χ0n) is 59.4. The molecule has 2 aromatic heterocycles. The van der Waals surface area contributed by atoms with Crippen LogP contribution < -0.4 is 78.1 Å².